The molecule has 1 aromatic rings. The molecule has 6 nitrogen and oxygen atoms in total. The van der Waals surface area contributed by atoms with Crippen molar-refractivity contribution in [2.24, 2.45) is 5.92 Å². The largest absolute Gasteiger partial charge is 0.466 e. The Morgan fingerprint density at radius 2 is 2.00 bits per heavy atom. The van der Waals surface area contributed by atoms with Gasteiger partial charge >= 0.3 is 18.8 Å². The van der Waals surface area contributed by atoms with Gasteiger partial charge in [0.05, 0.1) is 12.6 Å². The summed E-state index contributed by atoms with van der Waals surface area (Å²) in [5.74, 6) is -4.18. The van der Waals surface area contributed by atoms with E-state index in [9.17, 15) is 31.9 Å². The molecule has 1 aliphatic rings. The van der Waals surface area contributed by atoms with E-state index in [1.54, 1.807) is 5.32 Å². The standard InChI is InChI=1S/C15H15F5N2O4S/c1-2-25-11(23)9-10(7-5-3-4-6-8(7)26-12(16)17)21-13(27)22-14(9,24)15(18,19)20/h3-6,9-10,12,24H,2H2,1H3,(H2,21,22,27)/t9-,10-,14+/m0/s1. The molecule has 0 spiro atoms. The first kappa shape index (κ1) is 21.1. The molecule has 0 bridgehead atoms. The van der Waals surface area contributed by atoms with Gasteiger partial charge in [-0.1, -0.05) is 18.2 Å². The van der Waals surface area contributed by atoms with Gasteiger partial charge in [0.2, 0.25) is 0 Å². The van der Waals surface area contributed by atoms with Crippen LogP contribution in [0, 0.1) is 5.92 Å². The van der Waals surface area contributed by atoms with Crippen LogP contribution < -0.4 is 15.4 Å². The Morgan fingerprint density at radius 1 is 1.37 bits per heavy atom. The van der Waals surface area contributed by atoms with Crippen molar-refractivity contribution in [1.29, 1.82) is 0 Å². The zero-order chi connectivity index (χ0) is 20.4. The molecule has 0 unspecified atom stereocenters. The molecule has 3 N–H and O–H groups in total. The Kier molecular flexibility index (Phi) is 6.10. The predicted molar refractivity (Wildman–Crippen MR) is 85.8 cm³/mol. The van der Waals surface area contributed by atoms with E-state index in [-0.39, 0.29) is 12.2 Å². The molecule has 1 fully saturated rings. The molecule has 0 saturated carbocycles. The first-order chi connectivity index (χ1) is 12.5. The van der Waals surface area contributed by atoms with Gasteiger partial charge < -0.3 is 25.2 Å². The zero-order valence-electron chi connectivity index (χ0n) is 13.7. The molecule has 0 amide bonds. The number of alkyl halides is 5. The molecule has 1 aromatic carbocycles. The molecular weight excluding hydrogens is 399 g/mol. The van der Waals surface area contributed by atoms with Gasteiger partial charge in [0.15, 0.2) is 5.11 Å². The molecule has 0 radical (unpaired) electrons. The Morgan fingerprint density at radius 3 is 2.56 bits per heavy atom. The topological polar surface area (TPSA) is 79.8 Å². The molecule has 1 aliphatic heterocycles. The summed E-state index contributed by atoms with van der Waals surface area (Å²) in [6, 6.07) is 3.26. The fourth-order valence-electron chi connectivity index (χ4n) is 2.74. The van der Waals surface area contributed by atoms with E-state index < -0.39 is 47.3 Å². The summed E-state index contributed by atoms with van der Waals surface area (Å²) in [6.45, 7) is -2.17. The summed E-state index contributed by atoms with van der Waals surface area (Å²) >= 11 is 4.71. The number of hydrogen-bond donors (Lipinski definition) is 3. The van der Waals surface area contributed by atoms with Gasteiger partial charge in [-0.15, -0.1) is 0 Å². The normalized spacial score (nSPS) is 25.6. The van der Waals surface area contributed by atoms with E-state index in [0.29, 0.717) is 0 Å². The van der Waals surface area contributed by atoms with Gasteiger partial charge in [-0.2, -0.15) is 22.0 Å². The van der Waals surface area contributed by atoms with Crippen molar-refractivity contribution in [3.05, 3.63) is 29.8 Å². The van der Waals surface area contributed by atoms with Crippen molar-refractivity contribution >= 4 is 23.3 Å². The van der Waals surface area contributed by atoms with Crippen molar-refractivity contribution in [3.63, 3.8) is 0 Å². The summed E-state index contributed by atoms with van der Waals surface area (Å²) in [6.07, 6.45) is -5.34. The number of ether oxygens (including phenoxy) is 2. The molecular formula is C15H15F5N2O4S. The summed E-state index contributed by atoms with van der Waals surface area (Å²) in [5, 5.41) is 13.7. The van der Waals surface area contributed by atoms with E-state index in [1.807, 2.05) is 0 Å². The van der Waals surface area contributed by atoms with Crippen molar-refractivity contribution in [2.45, 2.75) is 31.5 Å². The summed E-state index contributed by atoms with van der Waals surface area (Å²) in [5.41, 5.74) is -4.02. The van der Waals surface area contributed by atoms with Crippen LogP contribution in [0.3, 0.4) is 0 Å². The van der Waals surface area contributed by atoms with Crippen molar-refractivity contribution in [3.8, 4) is 5.75 Å². The molecule has 1 saturated heterocycles. The average Bonchev–Trinajstić information content (AvgIpc) is 2.53. The van der Waals surface area contributed by atoms with Gasteiger partial charge in [-0.05, 0) is 25.2 Å². The first-order valence-electron chi connectivity index (χ1n) is 7.59. The highest BCUT2D eigenvalue weighted by molar-refractivity contribution is 7.80. The van der Waals surface area contributed by atoms with E-state index in [2.05, 4.69) is 14.8 Å². The van der Waals surface area contributed by atoms with E-state index in [0.717, 1.165) is 6.07 Å². The third-order valence-corrected chi connectivity index (χ3v) is 4.04. The molecule has 1 heterocycles. The Bertz CT molecular complexity index is 718. The van der Waals surface area contributed by atoms with Crippen LogP contribution in [0.4, 0.5) is 22.0 Å². The minimum Gasteiger partial charge on any atom is -0.466 e. The molecule has 12 heteroatoms. The highest BCUT2D eigenvalue weighted by atomic mass is 32.1. The van der Waals surface area contributed by atoms with Crippen molar-refractivity contribution in [2.75, 3.05) is 6.61 Å². The van der Waals surface area contributed by atoms with Crippen molar-refractivity contribution in [1.82, 2.24) is 10.6 Å². The Labute approximate surface area is 155 Å². The van der Waals surface area contributed by atoms with Gasteiger partial charge in [0.1, 0.15) is 11.7 Å². The van der Waals surface area contributed by atoms with Crippen molar-refractivity contribution < 1.29 is 41.3 Å². The van der Waals surface area contributed by atoms with Gasteiger partial charge in [0, 0.05) is 5.56 Å². The van der Waals surface area contributed by atoms with Crippen LogP contribution >= 0.6 is 12.2 Å². The number of carbonyl (C=O) groups is 1. The van der Waals surface area contributed by atoms with E-state index in [1.165, 1.54) is 25.1 Å². The number of para-hydroxylation sites is 1. The predicted octanol–water partition coefficient (Wildman–Crippen LogP) is 2.24. The van der Waals surface area contributed by atoms with Crippen LogP contribution in [0.2, 0.25) is 0 Å². The summed E-state index contributed by atoms with van der Waals surface area (Å²) in [7, 11) is 0. The molecule has 3 atom stereocenters. The average molecular weight is 414 g/mol. The second-order valence-corrected chi connectivity index (χ2v) is 5.89. The van der Waals surface area contributed by atoms with Crippen LogP contribution in [0.15, 0.2) is 24.3 Å². The van der Waals surface area contributed by atoms with E-state index >= 15 is 0 Å². The van der Waals surface area contributed by atoms with Crippen LogP contribution in [0.5, 0.6) is 5.75 Å². The van der Waals surface area contributed by atoms with Gasteiger partial charge in [-0.3, -0.25) is 4.79 Å². The minimum absolute atomic E-state index is 0.234. The smallest absolute Gasteiger partial charge is 0.437 e. The summed E-state index contributed by atoms with van der Waals surface area (Å²) in [4.78, 5) is 12.3. The van der Waals surface area contributed by atoms with E-state index in [4.69, 9.17) is 12.2 Å². The third-order valence-electron chi connectivity index (χ3n) is 3.82. The quantitative estimate of drug-likeness (QED) is 0.387. The molecule has 150 valence electrons. The number of halogens is 5. The number of thiocarbonyl (C=S) groups is 1. The second-order valence-electron chi connectivity index (χ2n) is 5.49. The maximum atomic E-state index is 13.6. The second kappa shape index (κ2) is 7.80. The SMILES string of the molecule is CCOC(=O)[C@@H]1[C@H](c2ccccc2OC(F)F)NC(=S)N[C@]1(O)C(F)(F)F. The first-order valence-corrected chi connectivity index (χ1v) is 8.00. The summed E-state index contributed by atoms with van der Waals surface area (Å²) < 4.78 is 75.1. The molecule has 0 aromatic heterocycles. The maximum Gasteiger partial charge on any atom is 0.437 e. The fourth-order valence-corrected chi connectivity index (χ4v) is 3.02. The number of rotatable bonds is 5. The number of benzene rings is 1. The Balaban J connectivity index is 2.61. The van der Waals surface area contributed by atoms with Gasteiger partial charge in [0.25, 0.3) is 5.72 Å². The number of esters is 1. The van der Waals surface area contributed by atoms with Crippen LogP contribution in [-0.4, -0.2) is 41.3 Å². The molecule has 2 rings (SSSR count). The van der Waals surface area contributed by atoms with Gasteiger partial charge in [-0.25, -0.2) is 0 Å². The fraction of sp³-hybridized carbons (Fsp3) is 0.467. The highest BCUT2D eigenvalue weighted by Crippen LogP contribution is 2.44. The number of aliphatic hydroxyl groups is 1. The number of nitrogens with one attached hydrogen (secondary N) is 2. The van der Waals surface area contributed by atoms with Crippen LogP contribution in [0.25, 0.3) is 0 Å². The minimum atomic E-state index is -5.34. The lowest BCUT2D eigenvalue weighted by atomic mass is 9.81. The lowest BCUT2D eigenvalue weighted by Gasteiger charge is -2.45. The third kappa shape index (κ3) is 4.21. The maximum absolute atomic E-state index is 13.6. The monoisotopic (exact) mass is 414 g/mol. The lowest BCUT2D eigenvalue weighted by molar-refractivity contribution is -0.292. The lowest BCUT2D eigenvalue weighted by Crippen LogP contribution is -2.73. The molecule has 0 aliphatic carbocycles. The number of carbonyl (C=O) groups excluding carboxylic acids is 1. The zero-order valence-corrected chi connectivity index (χ0v) is 14.5. The van der Waals surface area contributed by atoms with Crippen LogP contribution in [-0.2, 0) is 9.53 Å². The highest BCUT2D eigenvalue weighted by Gasteiger charge is 2.66. The number of hydrogen-bond acceptors (Lipinski definition) is 5. The van der Waals surface area contributed by atoms with Crippen LogP contribution in [0.1, 0.15) is 18.5 Å². The molecule has 27 heavy (non-hydrogen) atoms. The Hall–Kier alpha value is -2.21.